The van der Waals surface area contributed by atoms with Crippen LogP contribution in [0, 0.1) is 13.8 Å². The summed E-state index contributed by atoms with van der Waals surface area (Å²) in [6.45, 7) is 3.13. The van der Waals surface area contributed by atoms with E-state index in [1.54, 1.807) is 6.92 Å². The number of aromatic amines is 1. The highest BCUT2D eigenvalue weighted by molar-refractivity contribution is 5.86. The van der Waals surface area contributed by atoms with Crippen LogP contribution in [0.1, 0.15) is 21.6 Å². The van der Waals surface area contributed by atoms with Gasteiger partial charge in [0.05, 0.1) is 0 Å². The number of aromatic nitrogens is 1. The lowest BCUT2D eigenvalue weighted by Crippen LogP contribution is -2.16. The molecule has 12 heavy (non-hydrogen) atoms. The topological polar surface area (TPSA) is 70.2 Å². The largest absolute Gasteiger partial charge is 0.477 e. The number of pyridine rings is 1. The molecule has 0 atom stereocenters. The number of carboxylic acid groups (broad SMARTS) is 1. The second-order valence-corrected chi connectivity index (χ2v) is 2.61. The van der Waals surface area contributed by atoms with Crippen molar-refractivity contribution in [2.24, 2.45) is 0 Å². The zero-order valence-electron chi connectivity index (χ0n) is 6.84. The van der Waals surface area contributed by atoms with Gasteiger partial charge >= 0.3 is 5.97 Å². The number of hydrogen-bond acceptors (Lipinski definition) is 2. The summed E-state index contributed by atoms with van der Waals surface area (Å²) in [6, 6.07) is 0. The first kappa shape index (κ1) is 8.52. The molecule has 0 spiro atoms. The predicted octanol–water partition coefficient (Wildman–Crippen LogP) is 0.690. The molecule has 2 N–H and O–H groups in total. The molecular weight excluding hydrogens is 158 g/mol. The number of rotatable bonds is 1. The standard InChI is InChI=1S/C8H9NO3/c1-4-3-9-6(8(11)12)5(2)7(4)10/h3H,1-2H3,(H,9,10)(H,11,12). The zero-order valence-corrected chi connectivity index (χ0v) is 6.84. The Balaban J connectivity index is 3.47. The Morgan fingerprint density at radius 3 is 2.58 bits per heavy atom. The Morgan fingerprint density at radius 2 is 2.08 bits per heavy atom. The molecule has 0 aromatic carbocycles. The third-order valence-corrected chi connectivity index (χ3v) is 1.72. The van der Waals surface area contributed by atoms with Gasteiger partial charge < -0.3 is 10.1 Å². The second kappa shape index (κ2) is 2.81. The van der Waals surface area contributed by atoms with Crippen LogP contribution in [0.5, 0.6) is 0 Å². The molecular formula is C8H9NO3. The van der Waals surface area contributed by atoms with Crippen LogP contribution in [0.3, 0.4) is 0 Å². The van der Waals surface area contributed by atoms with E-state index in [2.05, 4.69) is 4.98 Å². The van der Waals surface area contributed by atoms with Crippen molar-refractivity contribution in [2.45, 2.75) is 13.8 Å². The fraction of sp³-hybridized carbons (Fsp3) is 0.250. The third kappa shape index (κ3) is 1.23. The molecule has 1 aromatic heterocycles. The summed E-state index contributed by atoms with van der Waals surface area (Å²) in [4.78, 5) is 24.3. The van der Waals surface area contributed by atoms with Gasteiger partial charge in [-0.1, -0.05) is 0 Å². The first-order valence-corrected chi connectivity index (χ1v) is 3.46. The maximum atomic E-state index is 11.2. The Morgan fingerprint density at radius 1 is 1.50 bits per heavy atom. The van der Waals surface area contributed by atoms with Gasteiger partial charge in [0.25, 0.3) is 0 Å². The highest BCUT2D eigenvalue weighted by Gasteiger charge is 2.10. The SMILES string of the molecule is Cc1c[nH]c(C(=O)O)c(C)c1=O. The van der Waals surface area contributed by atoms with E-state index in [1.807, 2.05) is 0 Å². The average Bonchev–Trinajstić information content (AvgIpc) is 2.00. The van der Waals surface area contributed by atoms with E-state index in [9.17, 15) is 9.59 Å². The van der Waals surface area contributed by atoms with Gasteiger partial charge in [0, 0.05) is 17.3 Å². The van der Waals surface area contributed by atoms with Crippen LogP contribution >= 0.6 is 0 Å². The number of aromatic carboxylic acids is 1. The molecule has 0 amide bonds. The van der Waals surface area contributed by atoms with Crippen LogP contribution in [0.25, 0.3) is 0 Å². The summed E-state index contributed by atoms with van der Waals surface area (Å²) >= 11 is 0. The molecule has 1 aromatic rings. The molecule has 4 heteroatoms. The molecule has 64 valence electrons. The lowest BCUT2D eigenvalue weighted by Gasteiger charge is -1.99. The second-order valence-electron chi connectivity index (χ2n) is 2.61. The minimum Gasteiger partial charge on any atom is -0.477 e. The average molecular weight is 167 g/mol. The summed E-state index contributed by atoms with van der Waals surface area (Å²) in [5, 5.41) is 8.61. The maximum absolute atomic E-state index is 11.2. The Hall–Kier alpha value is -1.58. The number of aryl methyl sites for hydroxylation is 1. The molecule has 1 rings (SSSR count). The lowest BCUT2D eigenvalue weighted by molar-refractivity contribution is 0.0689. The smallest absolute Gasteiger partial charge is 0.352 e. The predicted molar refractivity (Wildman–Crippen MR) is 43.5 cm³/mol. The van der Waals surface area contributed by atoms with Crippen molar-refractivity contribution in [3.05, 3.63) is 33.2 Å². The van der Waals surface area contributed by atoms with E-state index in [1.165, 1.54) is 13.1 Å². The summed E-state index contributed by atoms with van der Waals surface area (Å²) in [5.41, 5.74) is 0.525. The van der Waals surface area contributed by atoms with Crippen molar-refractivity contribution >= 4 is 5.97 Å². The van der Waals surface area contributed by atoms with E-state index in [4.69, 9.17) is 5.11 Å². The minimum absolute atomic E-state index is 0.0365. The number of nitrogens with one attached hydrogen (secondary N) is 1. The van der Waals surface area contributed by atoms with Gasteiger partial charge in [-0.05, 0) is 13.8 Å². The van der Waals surface area contributed by atoms with Gasteiger partial charge in [-0.3, -0.25) is 4.79 Å². The first-order valence-electron chi connectivity index (χ1n) is 3.46. The van der Waals surface area contributed by atoms with Crippen molar-refractivity contribution in [3.63, 3.8) is 0 Å². The quantitative estimate of drug-likeness (QED) is 0.646. The van der Waals surface area contributed by atoms with Crippen LogP contribution in [-0.4, -0.2) is 16.1 Å². The van der Waals surface area contributed by atoms with Crippen molar-refractivity contribution in [1.29, 1.82) is 0 Å². The molecule has 0 saturated carbocycles. The van der Waals surface area contributed by atoms with E-state index in [-0.39, 0.29) is 16.7 Å². The molecule has 0 aliphatic rings. The normalized spacial score (nSPS) is 9.83. The number of hydrogen-bond donors (Lipinski definition) is 2. The summed E-state index contributed by atoms with van der Waals surface area (Å²) in [5.74, 6) is -1.11. The Labute approximate surface area is 68.9 Å². The van der Waals surface area contributed by atoms with Gasteiger partial charge in [-0.15, -0.1) is 0 Å². The minimum atomic E-state index is -1.11. The molecule has 0 aliphatic heterocycles. The molecule has 0 saturated heterocycles. The van der Waals surface area contributed by atoms with Crippen molar-refractivity contribution in [3.8, 4) is 0 Å². The van der Waals surface area contributed by atoms with Crippen LogP contribution in [0.4, 0.5) is 0 Å². The first-order chi connectivity index (χ1) is 5.54. The Bertz CT molecular complexity index is 378. The molecule has 0 aliphatic carbocycles. The van der Waals surface area contributed by atoms with Gasteiger partial charge in [0.1, 0.15) is 5.69 Å². The van der Waals surface area contributed by atoms with Gasteiger partial charge in [0.15, 0.2) is 5.43 Å². The number of H-pyrrole nitrogens is 1. The fourth-order valence-corrected chi connectivity index (χ4v) is 0.986. The van der Waals surface area contributed by atoms with Gasteiger partial charge in [-0.25, -0.2) is 4.79 Å². The highest BCUT2D eigenvalue weighted by atomic mass is 16.4. The number of carbonyl (C=O) groups is 1. The van der Waals surface area contributed by atoms with Crippen molar-refractivity contribution < 1.29 is 9.90 Å². The summed E-state index contributed by atoms with van der Waals surface area (Å²) in [6.07, 6.45) is 1.40. The molecule has 0 bridgehead atoms. The highest BCUT2D eigenvalue weighted by Crippen LogP contribution is 1.99. The number of carboxylic acids is 1. The van der Waals surface area contributed by atoms with Crippen LogP contribution in [-0.2, 0) is 0 Å². The van der Waals surface area contributed by atoms with Gasteiger partial charge in [-0.2, -0.15) is 0 Å². The lowest BCUT2D eigenvalue weighted by atomic mass is 10.1. The molecule has 4 nitrogen and oxygen atoms in total. The van der Waals surface area contributed by atoms with Crippen LogP contribution in [0.2, 0.25) is 0 Å². The molecule has 0 radical (unpaired) electrons. The van der Waals surface area contributed by atoms with E-state index in [0.29, 0.717) is 5.56 Å². The summed E-state index contributed by atoms with van der Waals surface area (Å²) in [7, 11) is 0. The third-order valence-electron chi connectivity index (χ3n) is 1.72. The monoisotopic (exact) mass is 167 g/mol. The van der Waals surface area contributed by atoms with E-state index in [0.717, 1.165) is 0 Å². The van der Waals surface area contributed by atoms with Crippen LogP contribution in [0.15, 0.2) is 11.0 Å². The summed E-state index contributed by atoms with van der Waals surface area (Å²) < 4.78 is 0. The Kier molecular flexibility index (Phi) is 1.99. The molecule has 0 fully saturated rings. The molecule has 0 unspecified atom stereocenters. The van der Waals surface area contributed by atoms with E-state index >= 15 is 0 Å². The van der Waals surface area contributed by atoms with E-state index < -0.39 is 5.97 Å². The maximum Gasteiger partial charge on any atom is 0.352 e. The van der Waals surface area contributed by atoms with Crippen LogP contribution < -0.4 is 5.43 Å². The fourth-order valence-electron chi connectivity index (χ4n) is 0.986. The molecule has 1 heterocycles. The van der Waals surface area contributed by atoms with Crippen molar-refractivity contribution in [1.82, 2.24) is 4.98 Å². The zero-order chi connectivity index (χ0) is 9.30. The van der Waals surface area contributed by atoms with Gasteiger partial charge in [0.2, 0.25) is 0 Å². The van der Waals surface area contributed by atoms with Crippen molar-refractivity contribution in [2.75, 3.05) is 0 Å².